The van der Waals surface area contributed by atoms with Gasteiger partial charge in [0.2, 0.25) is 0 Å². The van der Waals surface area contributed by atoms with Crippen LogP contribution in [0.15, 0.2) is 24.3 Å². The second kappa shape index (κ2) is 4.02. The second-order valence-corrected chi connectivity index (χ2v) is 7.65. The Balaban J connectivity index is 1.68. The third kappa shape index (κ3) is 1.42. The van der Waals surface area contributed by atoms with Gasteiger partial charge in [-0.25, -0.2) is 0 Å². The number of para-hydroxylation sites is 1. The van der Waals surface area contributed by atoms with Gasteiger partial charge >= 0.3 is 0 Å². The minimum absolute atomic E-state index is 0.0241. The maximum atomic E-state index is 13.0. The van der Waals surface area contributed by atoms with Crippen LogP contribution in [0.3, 0.4) is 0 Å². The summed E-state index contributed by atoms with van der Waals surface area (Å²) in [5.41, 5.74) is 0.0760. The number of nitrogens with one attached hydrogen (secondary N) is 1. The van der Waals surface area contributed by atoms with E-state index >= 15 is 0 Å². The van der Waals surface area contributed by atoms with E-state index < -0.39 is 5.60 Å². The van der Waals surface area contributed by atoms with Crippen LogP contribution in [-0.2, 0) is 9.53 Å². The number of rotatable bonds is 2. The van der Waals surface area contributed by atoms with Crippen molar-refractivity contribution in [3.63, 3.8) is 0 Å². The summed E-state index contributed by atoms with van der Waals surface area (Å²) in [6, 6.07) is 7.36. The van der Waals surface area contributed by atoms with Crippen molar-refractivity contribution in [2.24, 2.45) is 16.7 Å². The van der Waals surface area contributed by atoms with Gasteiger partial charge in [0.05, 0.1) is 17.3 Å². The molecule has 0 unspecified atom stereocenters. The number of carbonyl (C=O) groups is 1. The number of carbonyl (C=O) groups excluding carboxylic acids is 1. The maximum Gasteiger partial charge on any atom is 0.257 e. The third-order valence-corrected chi connectivity index (χ3v) is 7.02. The molecule has 1 heterocycles. The van der Waals surface area contributed by atoms with Crippen LogP contribution < -0.4 is 5.32 Å². The molecule has 0 radical (unpaired) electrons. The van der Waals surface area contributed by atoms with Crippen LogP contribution in [0.5, 0.6) is 0 Å². The van der Waals surface area contributed by atoms with Crippen LogP contribution in [-0.4, -0.2) is 18.1 Å². The van der Waals surface area contributed by atoms with E-state index in [-0.39, 0.29) is 16.7 Å². The lowest BCUT2D eigenvalue weighted by molar-refractivity contribution is -0.149. The largest absolute Gasteiger partial charge is 0.364 e. The van der Waals surface area contributed by atoms with E-state index in [1.807, 2.05) is 18.2 Å². The first-order valence-electron chi connectivity index (χ1n) is 7.63. The van der Waals surface area contributed by atoms with E-state index in [9.17, 15) is 4.79 Å². The summed E-state index contributed by atoms with van der Waals surface area (Å²) in [5, 5.41) is 3.57. The fourth-order valence-electron chi connectivity index (χ4n) is 5.04. The fourth-order valence-corrected chi connectivity index (χ4v) is 5.23. The van der Waals surface area contributed by atoms with Crippen molar-refractivity contribution >= 4 is 23.2 Å². The molecule has 2 saturated carbocycles. The topological polar surface area (TPSA) is 38.3 Å². The highest BCUT2D eigenvalue weighted by Crippen LogP contribution is 2.75. The molecule has 3 aliphatic rings. The van der Waals surface area contributed by atoms with Crippen LogP contribution in [0.25, 0.3) is 0 Å². The van der Waals surface area contributed by atoms with E-state index in [1.54, 1.807) is 6.07 Å². The van der Waals surface area contributed by atoms with Crippen LogP contribution in [0.2, 0.25) is 5.02 Å². The summed E-state index contributed by atoms with van der Waals surface area (Å²) in [7, 11) is 0. The van der Waals surface area contributed by atoms with E-state index in [1.165, 1.54) is 6.42 Å². The molecule has 1 amide bonds. The molecule has 21 heavy (non-hydrogen) atoms. The minimum Gasteiger partial charge on any atom is -0.364 e. The zero-order valence-corrected chi connectivity index (χ0v) is 13.2. The molecule has 4 atom stereocenters. The van der Waals surface area contributed by atoms with Crippen LogP contribution in [0.4, 0.5) is 5.69 Å². The smallest absolute Gasteiger partial charge is 0.257 e. The van der Waals surface area contributed by atoms with Crippen LogP contribution >= 0.6 is 11.6 Å². The van der Waals surface area contributed by atoms with Crippen molar-refractivity contribution in [1.29, 1.82) is 0 Å². The Morgan fingerprint density at radius 3 is 2.81 bits per heavy atom. The number of hydrogen-bond acceptors (Lipinski definition) is 2. The molecule has 4 heteroatoms. The monoisotopic (exact) mass is 305 g/mol. The van der Waals surface area contributed by atoms with Gasteiger partial charge in [0.15, 0.2) is 5.60 Å². The van der Waals surface area contributed by atoms with Crippen molar-refractivity contribution in [2.75, 3.05) is 11.9 Å². The predicted octanol–water partition coefficient (Wildman–Crippen LogP) is 3.87. The second-order valence-electron chi connectivity index (χ2n) is 7.24. The summed E-state index contributed by atoms with van der Waals surface area (Å²) >= 11 is 6.16. The number of benzene rings is 1. The molecule has 1 aromatic rings. The molecule has 3 nitrogen and oxygen atoms in total. The van der Waals surface area contributed by atoms with Gasteiger partial charge in [0.25, 0.3) is 5.91 Å². The summed E-state index contributed by atoms with van der Waals surface area (Å²) < 4.78 is 6.10. The van der Waals surface area contributed by atoms with Gasteiger partial charge in [-0.2, -0.15) is 0 Å². The molecule has 1 N–H and O–H groups in total. The van der Waals surface area contributed by atoms with Crippen molar-refractivity contribution in [1.82, 2.24) is 0 Å². The number of amides is 1. The Bertz CT molecular complexity index is 633. The lowest BCUT2D eigenvalue weighted by Crippen LogP contribution is -2.52. The number of halogens is 1. The predicted molar refractivity (Wildman–Crippen MR) is 82.3 cm³/mol. The molecular formula is C17H20ClNO2. The average molecular weight is 306 g/mol. The zero-order chi connectivity index (χ0) is 14.9. The highest BCUT2D eigenvalue weighted by atomic mass is 35.5. The highest BCUT2D eigenvalue weighted by Gasteiger charge is 2.78. The standard InChI is InChI=1S/C17H20ClNO2/c1-15-10-21-17(9-11(15)7-8-16(15,17)2)14(20)19-13-6-4-3-5-12(13)18/h3-6,11H,7-10H2,1-2H3,(H,19,20)/t11-,15+,16-,17+/m1/s1. The van der Waals surface area contributed by atoms with Gasteiger partial charge < -0.3 is 10.1 Å². The van der Waals surface area contributed by atoms with Crippen molar-refractivity contribution in [3.05, 3.63) is 29.3 Å². The molecule has 1 saturated heterocycles. The first kappa shape index (κ1) is 13.6. The lowest BCUT2D eigenvalue weighted by atomic mass is 9.66. The van der Waals surface area contributed by atoms with Crippen molar-refractivity contribution in [3.8, 4) is 0 Å². The average Bonchev–Trinajstić information content (AvgIpc) is 2.93. The molecular weight excluding hydrogens is 286 g/mol. The Labute approximate surface area is 130 Å². The van der Waals surface area contributed by atoms with Gasteiger partial charge in [-0.1, -0.05) is 37.6 Å². The van der Waals surface area contributed by atoms with Crippen molar-refractivity contribution < 1.29 is 9.53 Å². The van der Waals surface area contributed by atoms with Crippen molar-refractivity contribution in [2.45, 2.75) is 38.7 Å². The summed E-state index contributed by atoms with van der Waals surface area (Å²) in [6.07, 6.45) is 3.14. The first-order chi connectivity index (χ1) is 9.93. The molecule has 4 rings (SSSR count). The number of anilines is 1. The quantitative estimate of drug-likeness (QED) is 0.900. The summed E-state index contributed by atoms with van der Waals surface area (Å²) in [5.74, 6) is 0.581. The molecule has 4 bridgehead atoms. The Kier molecular flexibility index (Phi) is 2.60. The molecule has 2 aliphatic carbocycles. The van der Waals surface area contributed by atoms with Gasteiger partial charge in [-0.3, -0.25) is 4.79 Å². The normalized spacial score (nSPS) is 43.3. The van der Waals surface area contributed by atoms with Gasteiger partial charge in [-0.05, 0) is 37.3 Å². The zero-order valence-electron chi connectivity index (χ0n) is 12.4. The molecule has 1 aliphatic heterocycles. The lowest BCUT2D eigenvalue weighted by Gasteiger charge is -2.40. The van der Waals surface area contributed by atoms with Gasteiger partial charge in [-0.15, -0.1) is 0 Å². The molecule has 112 valence electrons. The van der Waals surface area contributed by atoms with E-state index in [4.69, 9.17) is 16.3 Å². The Morgan fingerprint density at radius 1 is 1.38 bits per heavy atom. The van der Waals surface area contributed by atoms with Crippen LogP contribution in [0, 0.1) is 16.7 Å². The Morgan fingerprint density at radius 2 is 2.14 bits per heavy atom. The highest BCUT2D eigenvalue weighted by molar-refractivity contribution is 6.33. The van der Waals surface area contributed by atoms with E-state index in [0.29, 0.717) is 23.2 Å². The molecule has 0 aromatic heterocycles. The van der Waals surface area contributed by atoms with E-state index in [0.717, 1.165) is 12.8 Å². The third-order valence-electron chi connectivity index (χ3n) is 6.69. The molecule has 1 aromatic carbocycles. The number of hydrogen-bond donors (Lipinski definition) is 1. The van der Waals surface area contributed by atoms with Gasteiger partial charge in [0.1, 0.15) is 0 Å². The summed E-state index contributed by atoms with van der Waals surface area (Å²) in [6.45, 7) is 5.23. The van der Waals surface area contributed by atoms with Gasteiger partial charge in [0, 0.05) is 10.8 Å². The first-order valence-corrected chi connectivity index (χ1v) is 8.01. The Hall–Kier alpha value is -1.06. The summed E-state index contributed by atoms with van der Waals surface area (Å²) in [4.78, 5) is 13.0. The minimum atomic E-state index is -0.677. The fraction of sp³-hybridized carbons (Fsp3) is 0.588. The molecule has 3 fully saturated rings. The SMILES string of the molecule is C[C@]12CC[C@@H]3C[C@@]1(C(=O)Nc1ccccc1Cl)OC[C@@]32C. The number of ether oxygens (including phenoxy) is 1. The molecule has 0 spiro atoms. The maximum absolute atomic E-state index is 13.0. The van der Waals surface area contributed by atoms with E-state index in [2.05, 4.69) is 19.2 Å². The van der Waals surface area contributed by atoms with Crippen LogP contribution in [0.1, 0.15) is 33.1 Å².